The summed E-state index contributed by atoms with van der Waals surface area (Å²) >= 11 is 0. The van der Waals surface area contributed by atoms with Gasteiger partial charge in [0.1, 0.15) is 24.2 Å². The molecule has 6 nitrogen and oxygen atoms in total. The highest BCUT2D eigenvalue weighted by Gasteiger charge is 2.40. The highest BCUT2D eigenvalue weighted by molar-refractivity contribution is 5.84. The van der Waals surface area contributed by atoms with E-state index >= 15 is 0 Å². The zero-order chi connectivity index (χ0) is 18.7. The number of benzene rings is 2. The number of nitrogens with zero attached hydrogens (tertiary/aromatic N) is 1. The molecule has 0 bridgehead atoms. The van der Waals surface area contributed by atoms with Crippen LogP contribution in [0.3, 0.4) is 0 Å². The Kier molecular flexibility index (Phi) is 5.06. The van der Waals surface area contributed by atoms with Gasteiger partial charge in [-0.1, -0.05) is 30.3 Å². The number of carboxylic acid groups (broad SMARTS) is 1. The maximum absolute atomic E-state index is 13.6. The molecule has 1 fully saturated rings. The summed E-state index contributed by atoms with van der Waals surface area (Å²) in [5.74, 6) is -0.423. The average Bonchev–Trinajstić information content (AvgIpc) is 3.07. The van der Waals surface area contributed by atoms with E-state index in [2.05, 4.69) is 0 Å². The van der Waals surface area contributed by atoms with Gasteiger partial charge in [0.15, 0.2) is 0 Å². The smallest absolute Gasteiger partial charge is 0.408 e. The van der Waals surface area contributed by atoms with Gasteiger partial charge < -0.3 is 15.6 Å². The lowest BCUT2D eigenvalue weighted by Crippen LogP contribution is -2.44. The van der Waals surface area contributed by atoms with E-state index in [-0.39, 0.29) is 12.4 Å². The molecule has 1 aliphatic heterocycles. The van der Waals surface area contributed by atoms with E-state index in [4.69, 9.17) is 10.5 Å². The second kappa shape index (κ2) is 7.43. The van der Waals surface area contributed by atoms with Crippen LogP contribution in [0.1, 0.15) is 30.0 Å². The molecular weight excluding hydrogens is 339 g/mol. The van der Waals surface area contributed by atoms with Crippen LogP contribution >= 0.6 is 0 Å². The molecule has 0 saturated carbocycles. The predicted molar refractivity (Wildman–Crippen MR) is 92.0 cm³/mol. The summed E-state index contributed by atoms with van der Waals surface area (Å²) in [5.41, 5.74) is 6.51. The summed E-state index contributed by atoms with van der Waals surface area (Å²) in [6.45, 7) is 0.0977. The van der Waals surface area contributed by atoms with E-state index in [1.807, 2.05) is 0 Å². The summed E-state index contributed by atoms with van der Waals surface area (Å²) in [6, 6.07) is 12.0. The van der Waals surface area contributed by atoms with Gasteiger partial charge in [0.05, 0.1) is 6.04 Å². The first-order valence-electron chi connectivity index (χ1n) is 8.24. The lowest BCUT2D eigenvalue weighted by atomic mass is 10.0. The van der Waals surface area contributed by atoms with Crippen LogP contribution in [0.25, 0.3) is 0 Å². The summed E-state index contributed by atoms with van der Waals surface area (Å²) in [7, 11) is 0. The van der Waals surface area contributed by atoms with Crippen molar-refractivity contribution in [1.29, 1.82) is 0 Å². The number of ether oxygens (including phenoxy) is 1. The van der Waals surface area contributed by atoms with Crippen molar-refractivity contribution in [3.63, 3.8) is 0 Å². The third-order valence-electron chi connectivity index (χ3n) is 4.55. The Morgan fingerprint density at radius 1 is 1.15 bits per heavy atom. The van der Waals surface area contributed by atoms with E-state index in [0.717, 1.165) is 10.5 Å². The monoisotopic (exact) mass is 358 g/mol. The molecule has 1 heterocycles. The molecule has 3 N–H and O–H groups in total. The number of carbonyl (C=O) groups excluding carboxylic acids is 1. The van der Waals surface area contributed by atoms with Gasteiger partial charge in [-0.05, 0) is 36.6 Å². The van der Waals surface area contributed by atoms with Gasteiger partial charge in [-0.2, -0.15) is 0 Å². The van der Waals surface area contributed by atoms with Crippen LogP contribution in [0.15, 0.2) is 48.5 Å². The summed E-state index contributed by atoms with van der Waals surface area (Å²) in [6.07, 6.45) is -0.246. The van der Waals surface area contributed by atoms with Crippen LogP contribution in [-0.4, -0.2) is 28.0 Å². The zero-order valence-corrected chi connectivity index (χ0v) is 14.0. The summed E-state index contributed by atoms with van der Waals surface area (Å²) in [4.78, 5) is 24.1. The van der Waals surface area contributed by atoms with Gasteiger partial charge in [0, 0.05) is 5.56 Å². The molecule has 2 aromatic carbocycles. The van der Waals surface area contributed by atoms with Gasteiger partial charge in [-0.25, -0.2) is 9.18 Å². The first-order valence-corrected chi connectivity index (χ1v) is 8.24. The Bertz CT molecular complexity index is 809. The molecule has 1 aliphatic rings. The van der Waals surface area contributed by atoms with Crippen LogP contribution in [-0.2, 0) is 11.4 Å². The number of amides is 2. The average molecular weight is 358 g/mol. The third kappa shape index (κ3) is 3.61. The number of hydrogen-bond acceptors (Lipinski definition) is 3. The Labute approximate surface area is 150 Å². The quantitative estimate of drug-likeness (QED) is 0.859. The Morgan fingerprint density at radius 2 is 1.85 bits per heavy atom. The van der Waals surface area contributed by atoms with Gasteiger partial charge >= 0.3 is 6.09 Å². The maximum atomic E-state index is 13.6. The first kappa shape index (κ1) is 17.7. The first-order chi connectivity index (χ1) is 12.5. The topological polar surface area (TPSA) is 92.9 Å². The molecule has 7 heteroatoms. The molecule has 2 atom stereocenters. The standard InChI is InChI=1S/C19H19FN2O4/c20-15-4-2-1-3-13(15)11-26-14-7-5-12(6-8-14)16-9-10-17(18(21)23)22(16)19(24)25/h1-8,16-17H,9-11H2,(H2,21,23)(H,24,25)/t16-,17+/m1/s1. The number of nitrogens with two attached hydrogens (primary N) is 1. The molecule has 0 aromatic heterocycles. The van der Waals surface area contributed by atoms with Crippen molar-refractivity contribution < 1.29 is 23.8 Å². The molecule has 0 spiro atoms. The molecule has 136 valence electrons. The molecule has 3 rings (SSSR count). The molecule has 0 aliphatic carbocycles. The minimum atomic E-state index is -1.17. The number of hydrogen-bond donors (Lipinski definition) is 2. The van der Waals surface area contributed by atoms with E-state index in [9.17, 15) is 19.1 Å². The van der Waals surface area contributed by atoms with Crippen molar-refractivity contribution in [1.82, 2.24) is 4.90 Å². The van der Waals surface area contributed by atoms with Crippen molar-refractivity contribution >= 4 is 12.0 Å². The number of rotatable bonds is 5. The molecule has 2 aromatic rings. The van der Waals surface area contributed by atoms with Crippen LogP contribution in [0.5, 0.6) is 5.75 Å². The maximum Gasteiger partial charge on any atom is 0.408 e. The van der Waals surface area contributed by atoms with Crippen molar-refractivity contribution in [3.8, 4) is 5.75 Å². The van der Waals surface area contributed by atoms with Gasteiger partial charge in [0.2, 0.25) is 5.91 Å². The molecule has 0 radical (unpaired) electrons. The molecule has 0 unspecified atom stereocenters. The normalized spacial score (nSPS) is 19.3. The summed E-state index contributed by atoms with van der Waals surface area (Å²) < 4.78 is 19.2. The fourth-order valence-electron chi connectivity index (χ4n) is 3.25. The van der Waals surface area contributed by atoms with E-state index < -0.39 is 24.1 Å². The van der Waals surface area contributed by atoms with E-state index in [1.54, 1.807) is 42.5 Å². The molecular formula is C19H19FN2O4. The molecule has 2 amide bonds. The van der Waals surface area contributed by atoms with Crippen LogP contribution in [0.4, 0.5) is 9.18 Å². The van der Waals surface area contributed by atoms with Crippen molar-refractivity contribution in [2.45, 2.75) is 31.5 Å². The fraction of sp³-hybridized carbons (Fsp3) is 0.263. The minimum Gasteiger partial charge on any atom is -0.489 e. The molecule has 26 heavy (non-hydrogen) atoms. The highest BCUT2D eigenvalue weighted by atomic mass is 19.1. The van der Waals surface area contributed by atoms with Crippen LogP contribution < -0.4 is 10.5 Å². The second-order valence-electron chi connectivity index (χ2n) is 6.15. The molecule has 1 saturated heterocycles. The second-order valence-corrected chi connectivity index (χ2v) is 6.15. The number of likely N-dealkylation sites (tertiary alicyclic amines) is 1. The minimum absolute atomic E-state index is 0.0977. The van der Waals surface area contributed by atoms with Crippen molar-refractivity contribution in [2.75, 3.05) is 0 Å². The Hall–Kier alpha value is -3.09. The number of halogens is 1. The zero-order valence-electron chi connectivity index (χ0n) is 14.0. The Balaban J connectivity index is 1.70. The summed E-state index contributed by atoms with van der Waals surface area (Å²) in [5, 5.41) is 9.41. The van der Waals surface area contributed by atoms with Crippen molar-refractivity contribution in [3.05, 3.63) is 65.5 Å². The number of primary amides is 1. The van der Waals surface area contributed by atoms with Gasteiger partial charge in [0.25, 0.3) is 0 Å². The SMILES string of the molecule is NC(=O)[C@@H]1CC[C@H](c2ccc(OCc3ccccc3F)cc2)N1C(=O)O. The Morgan fingerprint density at radius 3 is 2.46 bits per heavy atom. The van der Waals surface area contributed by atoms with Crippen LogP contribution in [0.2, 0.25) is 0 Å². The number of carbonyl (C=O) groups is 2. The van der Waals surface area contributed by atoms with Gasteiger partial charge in [-0.15, -0.1) is 0 Å². The largest absolute Gasteiger partial charge is 0.489 e. The van der Waals surface area contributed by atoms with E-state index in [1.165, 1.54) is 6.07 Å². The third-order valence-corrected chi connectivity index (χ3v) is 4.55. The predicted octanol–water partition coefficient (Wildman–Crippen LogP) is 3.07. The van der Waals surface area contributed by atoms with Crippen molar-refractivity contribution in [2.24, 2.45) is 5.73 Å². The van der Waals surface area contributed by atoms with Crippen LogP contribution in [0, 0.1) is 5.82 Å². The highest BCUT2D eigenvalue weighted by Crippen LogP contribution is 2.36. The lowest BCUT2D eigenvalue weighted by molar-refractivity contribution is -0.122. The van der Waals surface area contributed by atoms with E-state index in [0.29, 0.717) is 24.2 Å². The van der Waals surface area contributed by atoms with Gasteiger partial charge in [-0.3, -0.25) is 9.69 Å². The lowest BCUT2D eigenvalue weighted by Gasteiger charge is -2.26. The fourth-order valence-corrected chi connectivity index (χ4v) is 3.25.